The third kappa shape index (κ3) is 2.51. The molecule has 0 fully saturated rings. The van der Waals surface area contributed by atoms with Crippen LogP contribution in [0.1, 0.15) is 40.8 Å². The molecule has 0 bridgehead atoms. The number of aryl methyl sites for hydroxylation is 1. The van der Waals surface area contributed by atoms with E-state index in [1.54, 1.807) is 6.92 Å². The van der Waals surface area contributed by atoms with E-state index in [0.717, 1.165) is 5.69 Å². The fourth-order valence-electron chi connectivity index (χ4n) is 1.50. The molecule has 0 aliphatic carbocycles. The number of hydrogen-bond donors (Lipinski definition) is 3. The summed E-state index contributed by atoms with van der Waals surface area (Å²) in [5, 5.41) is 10.0. The minimum Gasteiger partial charge on any atom is -0.375 e. The normalized spacial score (nSPS) is 10.9. The lowest BCUT2D eigenvalue weighted by molar-refractivity contribution is 0.102. The lowest BCUT2D eigenvalue weighted by Crippen LogP contribution is -2.11. The fraction of sp³-hybridized carbons (Fsp3) is 0.364. The number of thiazole rings is 1. The number of aromatic nitrogens is 3. The number of nitrogens with zero attached hydrogens (tertiary/aromatic N) is 2. The molecule has 6 nitrogen and oxygen atoms in total. The van der Waals surface area contributed by atoms with Crippen molar-refractivity contribution in [1.29, 1.82) is 0 Å². The van der Waals surface area contributed by atoms with Crippen LogP contribution in [0.5, 0.6) is 0 Å². The molecule has 0 atom stereocenters. The number of nitrogen functional groups attached to an aromatic ring is 1. The number of nitrogens with one attached hydrogen (secondary N) is 2. The Labute approximate surface area is 109 Å². The summed E-state index contributed by atoms with van der Waals surface area (Å²) >= 11 is 1.17. The van der Waals surface area contributed by atoms with E-state index in [9.17, 15) is 4.79 Å². The highest BCUT2D eigenvalue weighted by Gasteiger charge is 2.15. The second-order valence-electron chi connectivity index (χ2n) is 4.28. The number of rotatable bonds is 3. The van der Waals surface area contributed by atoms with Crippen molar-refractivity contribution in [2.75, 3.05) is 11.1 Å². The fourth-order valence-corrected chi connectivity index (χ4v) is 2.23. The number of carbonyl (C=O) groups excluding carboxylic acids is 1. The van der Waals surface area contributed by atoms with Gasteiger partial charge in [-0.2, -0.15) is 5.10 Å². The Morgan fingerprint density at radius 3 is 2.78 bits per heavy atom. The Kier molecular flexibility index (Phi) is 3.33. The van der Waals surface area contributed by atoms with E-state index < -0.39 is 0 Å². The van der Waals surface area contributed by atoms with Crippen molar-refractivity contribution in [3.05, 3.63) is 22.3 Å². The topological polar surface area (TPSA) is 96.7 Å². The number of amides is 1. The summed E-state index contributed by atoms with van der Waals surface area (Å²) in [6.45, 7) is 5.85. The number of aromatic amines is 1. The predicted molar refractivity (Wildman–Crippen MR) is 71.9 cm³/mol. The predicted octanol–water partition coefficient (Wildman–Crippen LogP) is 2.13. The van der Waals surface area contributed by atoms with Crippen LogP contribution in [0.2, 0.25) is 0 Å². The van der Waals surface area contributed by atoms with Crippen LogP contribution in [0.4, 0.5) is 10.9 Å². The maximum atomic E-state index is 12.0. The average molecular weight is 265 g/mol. The minimum absolute atomic E-state index is 0.233. The molecule has 0 aromatic carbocycles. The van der Waals surface area contributed by atoms with E-state index in [4.69, 9.17) is 5.73 Å². The largest absolute Gasteiger partial charge is 0.375 e. The number of carbonyl (C=O) groups is 1. The van der Waals surface area contributed by atoms with Crippen molar-refractivity contribution in [3.8, 4) is 0 Å². The monoisotopic (exact) mass is 265 g/mol. The second kappa shape index (κ2) is 4.77. The van der Waals surface area contributed by atoms with Crippen molar-refractivity contribution in [2.24, 2.45) is 0 Å². The first-order valence-corrected chi connectivity index (χ1v) is 6.38. The van der Waals surface area contributed by atoms with Crippen LogP contribution in [-0.4, -0.2) is 21.1 Å². The average Bonchev–Trinajstić information content (AvgIpc) is 2.85. The number of nitrogens with two attached hydrogens (primary N) is 1. The van der Waals surface area contributed by atoms with Gasteiger partial charge in [0.2, 0.25) is 0 Å². The molecule has 18 heavy (non-hydrogen) atoms. The number of H-pyrrole nitrogens is 1. The third-order valence-corrected chi connectivity index (χ3v) is 3.47. The Bertz CT molecular complexity index is 572. The maximum absolute atomic E-state index is 12.0. The van der Waals surface area contributed by atoms with E-state index >= 15 is 0 Å². The Morgan fingerprint density at radius 2 is 2.28 bits per heavy atom. The molecular weight excluding hydrogens is 250 g/mol. The first-order chi connectivity index (χ1) is 8.47. The molecule has 0 spiro atoms. The summed E-state index contributed by atoms with van der Waals surface area (Å²) < 4.78 is 0. The van der Waals surface area contributed by atoms with Crippen LogP contribution in [0, 0.1) is 6.92 Å². The molecule has 0 aliphatic heterocycles. The number of anilines is 2. The summed E-state index contributed by atoms with van der Waals surface area (Å²) in [6, 6.07) is 1.82. The molecule has 2 aromatic heterocycles. The highest BCUT2D eigenvalue weighted by Crippen LogP contribution is 2.21. The molecule has 0 saturated carbocycles. The van der Waals surface area contributed by atoms with Gasteiger partial charge in [-0.3, -0.25) is 9.89 Å². The summed E-state index contributed by atoms with van der Waals surface area (Å²) in [6.07, 6.45) is 0. The molecule has 0 saturated heterocycles. The van der Waals surface area contributed by atoms with Crippen molar-refractivity contribution in [2.45, 2.75) is 26.7 Å². The molecule has 0 aliphatic rings. The van der Waals surface area contributed by atoms with E-state index in [2.05, 4.69) is 20.5 Å². The van der Waals surface area contributed by atoms with Gasteiger partial charge in [0.1, 0.15) is 4.88 Å². The van der Waals surface area contributed by atoms with Crippen molar-refractivity contribution in [1.82, 2.24) is 15.2 Å². The van der Waals surface area contributed by atoms with Gasteiger partial charge in [0.25, 0.3) is 5.91 Å². The molecule has 7 heteroatoms. The van der Waals surface area contributed by atoms with Crippen LogP contribution in [0.25, 0.3) is 0 Å². The van der Waals surface area contributed by atoms with Crippen LogP contribution >= 0.6 is 11.3 Å². The lowest BCUT2D eigenvalue weighted by atomic mass is 10.1. The van der Waals surface area contributed by atoms with E-state index in [1.807, 2.05) is 19.9 Å². The molecule has 1 amide bonds. The molecule has 0 unspecified atom stereocenters. The van der Waals surface area contributed by atoms with Gasteiger partial charge < -0.3 is 11.1 Å². The first-order valence-electron chi connectivity index (χ1n) is 5.57. The minimum atomic E-state index is -0.233. The zero-order valence-electron chi connectivity index (χ0n) is 10.4. The number of hydrogen-bond acceptors (Lipinski definition) is 5. The molecule has 0 radical (unpaired) electrons. The van der Waals surface area contributed by atoms with Gasteiger partial charge in [-0.15, -0.1) is 0 Å². The van der Waals surface area contributed by atoms with Crippen LogP contribution in [0.3, 0.4) is 0 Å². The van der Waals surface area contributed by atoms with Crippen LogP contribution < -0.4 is 11.1 Å². The first kappa shape index (κ1) is 12.6. The molecule has 2 aromatic rings. The van der Waals surface area contributed by atoms with Gasteiger partial charge in [-0.25, -0.2) is 4.98 Å². The Morgan fingerprint density at radius 1 is 1.56 bits per heavy atom. The van der Waals surface area contributed by atoms with Gasteiger partial charge >= 0.3 is 0 Å². The van der Waals surface area contributed by atoms with E-state index in [-0.39, 0.29) is 5.91 Å². The van der Waals surface area contributed by atoms with Crippen molar-refractivity contribution < 1.29 is 4.79 Å². The van der Waals surface area contributed by atoms with Gasteiger partial charge in [-0.05, 0) is 12.8 Å². The highest BCUT2D eigenvalue weighted by atomic mass is 32.1. The molecule has 2 heterocycles. The van der Waals surface area contributed by atoms with Gasteiger partial charge in [0, 0.05) is 11.8 Å². The smallest absolute Gasteiger partial charge is 0.268 e. The SMILES string of the molecule is Cc1nc(N)sc1C(=O)Nc1cc(C(C)C)[nH]n1. The van der Waals surface area contributed by atoms with E-state index in [1.165, 1.54) is 11.3 Å². The quantitative estimate of drug-likeness (QED) is 0.792. The van der Waals surface area contributed by atoms with Crippen molar-refractivity contribution in [3.63, 3.8) is 0 Å². The van der Waals surface area contributed by atoms with Crippen LogP contribution in [0.15, 0.2) is 6.07 Å². The van der Waals surface area contributed by atoms with Crippen molar-refractivity contribution >= 4 is 28.2 Å². The summed E-state index contributed by atoms with van der Waals surface area (Å²) in [5.74, 6) is 0.613. The zero-order valence-corrected chi connectivity index (χ0v) is 11.3. The third-order valence-electron chi connectivity index (χ3n) is 2.48. The van der Waals surface area contributed by atoms with E-state index in [0.29, 0.717) is 27.4 Å². The standard InChI is InChI=1S/C11H15N5OS/c1-5(2)7-4-8(16-15-7)14-10(17)9-6(3)13-11(12)18-9/h4-5H,1-3H3,(H2,12,13)(H2,14,15,16,17). The second-order valence-corrected chi connectivity index (χ2v) is 5.31. The summed E-state index contributed by atoms with van der Waals surface area (Å²) in [5.41, 5.74) is 7.17. The van der Waals surface area contributed by atoms with Gasteiger partial charge in [0.05, 0.1) is 5.69 Å². The Balaban J connectivity index is 2.13. The molecule has 2 rings (SSSR count). The molecule has 4 N–H and O–H groups in total. The molecular formula is C11H15N5OS. The summed E-state index contributed by atoms with van der Waals surface area (Å²) in [4.78, 5) is 16.5. The summed E-state index contributed by atoms with van der Waals surface area (Å²) in [7, 11) is 0. The zero-order chi connectivity index (χ0) is 13.3. The molecule has 96 valence electrons. The lowest BCUT2D eigenvalue weighted by Gasteiger charge is -1.99. The highest BCUT2D eigenvalue weighted by molar-refractivity contribution is 7.17. The maximum Gasteiger partial charge on any atom is 0.268 e. The van der Waals surface area contributed by atoms with Gasteiger partial charge in [0.15, 0.2) is 10.9 Å². The van der Waals surface area contributed by atoms with Gasteiger partial charge in [-0.1, -0.05) is 25.2 Å². The van der Waals surface area contributed by atoms with Crippen LogP contribution in [-0.2, 0) is 0 Å². The Hall–Kier alpha value is -1.89.